The van der Waals surface area contributed by atoms with Crippen LogP contribution in [0, 0.1) is 0 Å². The summed E-state index contributed by atoms with van der Waals surface area (Å²) in [6.07, 6.45) is 3.22. The van der Waals surface area contributed by atoms with Crippen LogP contribution >= 0.6 is 12.6 Å². The molecule has 1 heterocycles. The molecule has 0 radical (unpaired) electrons. The van der Waals surface area contributed by atoms with E-state index in [4.69, 9.17) is 4.74 Å². The van der Waals surface area contributed by atoms with E-state index in [-0.39, 0.29) is 17.4 Å². The van der Waals surface area contributed by atoms with Gasteiger partial charge in [-0.25, -0.2) is 4.99 Å². The second-order valence-corrected chi connectivity index (χ2v) is 7.16. The van der Waals surface area contributed by atoms with Crippen LogP contribution in [0.1, 0.15) is 16.7 Å². The molecule has 1 N–H and O–H groups in total. The van der Waals surface area contributed by atoms with Gasteiger partial charge in [0.05, 0.1) is 13.3 Å². The number of ether oxygens (including phenoxy) is 1. The zero-order valence-corrected chi connectivity index (χ0v) is 17.5. The van der Waals surface area contributed by atoms with Crippen LogP contribution in [-0.2, 0) is 4.79 Å². The molecule has 3 aromatic rings. The van der Waals surface area contributed by atoms with Crippen LogP contribution in [0.2, 0.25) is 0 Å². The summed E-state index contributed by atoms with van der Waals surface area (Å²) in [6.45, 7) is 0. The molecule has 1 aliphatic rings. The van der Waals surface area contributed by atoms with Gasteiger partial charge >= 0.3 is 0 Å². The smallest absolute Gasteiger partial charge is 0.298 e. The molecular formula is C24H19N3O3S. The molecule has 0 aliphatic carbocycles. The number of carbonyl (C=O) groups is 1. The first-order valence-corrected chi connectivity index (χ1v) is 9.91. The molecule has 3 aromatic carbocycles. The Hall–Kier alpha value is -3.84. The van der Waals surface area contributed by atoms with Crippen molar-refractivity contribution < 1.29 is 14.6 Å². The summed E-state index contributed by atoms with van der Waals surface area (Å²) >= 11 is 4.45. The first-order chi connectivity index (χ1) is 15.1. The monoisotopic (exact) mass is 429 g/mol. The van der Waals surface area contributed by atoms with Crippen LogP contribution in [0.4, 0.5) is 0 Å². The Morgan fingerprint density at radius 1 is 1.06 bits per heavy atom. The number of phenolic OH excluding ortho intramolecular Hbond substituents is 1. The Labute approximate surface area is 185 Å². The molecule has 0 aromatic heterocycles. The summed E-state index contributed by atoms with van der Waals surface area (Å²) in [4.78, 5) is 18.4. The fourth-order valence-electron chi connectivity index (χ4n) is 3.04. The Morgan fingerprint density at radius 3 is 2.55 bits per heavy atom. The van der Waals surface area contributed by atoms with Gasteiger partial charge in [-0.05, 0) is 41.5 Å². The highest BCUT2D eigenvalue weighted by molar-refractivity contribution is 7.80. The number of aromatic hydroxyl groups is 1. The molecule has 4 rings (SSSR count). The molecule has 6 nitrogen and oxygen atoms in total. The molecule has 31 heavy (non-hydrogen) atoms. The van der Waals surface area contributed by atoms with Crippen LogP contribution < -0.4 is 4.74 Å². The minimum Gasteiger partial charge on any atom is -0.504 e. The van der Waals surface area contributed by atoms with Gasteiger partial charge in [0.25, 0.3) is 5.91 Å². The Morgan fingerprint density at radius 2 is 1.81 bits per heavy atom. The lowest BCUT2D eigenvalue weighted by molar-refractivity contribution is -0.122. The predicted octanol–water partition coefficient (Wildman–Crippen LogP) is 4.35. The minimum absolute atomic E-state index is 0.0269. The van der Waals surface area contributed by atoms with E-state index in [0.717, 1.165) is 16.0 Å². The minimum atomic E-state index is -0.350. The summed E-state index contributed by atoms with van der Waals surface area (Å²) < 4.78 is 5.13. The van der Waals surface area contributed by atoms with Gasteiger partial charge in [-0.1, -0.05) is 48.5 Å². The predicted molar refractivity (Wildman–Crippen MR) is 124 cm³/mol. The average Bonchev–Trinajstić information content (AvgIpc) is 3.10. The van der Waals surface area contributed by atoms with Crippen molar-refractivity contribution in [1.29, 1.82) is 0 Å². The van der Waals surface area contributed by atoms with Crippen molar-refractivity contribution in [3.8, 4) is 11.5 Å². The average molecular weight is 430 g/mol. The molecule has 154 valence electrons. The van der Waals surface area contributed by atoms with Crippen molar-refractivity contribution in [2.45, 2.75) is 4.90 Å². The van der Waals surface area contributed by atoms with E-state index < -0.39 is 0 Å². The number of benzene rings is 3. The highest BCUT2D eigenvalue weighted by Gasteiger charge is 2.31. The third kappa shape index (κ3) is 4.36. The summed E-state index contributed by atoms with van der Waals surface area (Å²) in [5.74, 6) is 0.423. The van der Waals surface area contributed by atoms with Crippen molar-refractivity contribution in [2.24, 2.45) is 10.1 Å². The number of thiol groups is 1. The highest BCUT2D eigenvalue weighted by Crippen LogP contribution is 2.27. The molecule has 0 bridgehead atoms. The SMILES string of the molecule is COc1cc(/C=N/N2C(=O)C(=Cc3ccccc3S)N=C2c2ccccc2)ccc1O. The number of rotatable bonds is 5. The maximum absolute atomic E-state index is 13.1. The summed E-state index contributed by atoms with van der Waals surface area (Å²) in [5, 5.41) is 15.4. The maximum atomic E-state index is 13.1. The van der Waals surface area contributed by atoms with Crippen LogP contribution in [0.25, 0.3) is 6.08 Å². The van der Waals surface area contributed by atoms with Crippen LogP contribution in [0.5, 0.6) is 11.5 Å². The zero-order chi connectivity index (χ0) is 21.8. The maximum Gasteiger partial charge on any atom is 0.298 e. The standard InChI is InChI=1S/C24H19N3O3S/c1-30-21-13-16(11-12-20(21)28)15-25-27-23(17-7-3-2-4-8-17)26-19(24(27)29)14-18-9-5-6-10-22(18)31/h2-15,28,31H,1H3/b19-14?,25-15+. The molecule has 0 saturated heterocycles. The Kier molecular flexibility index (Phi) is 5.86. The molecule has 0 fully saturated rings. The quantitative estimate of drug-likeness (QED) is 0.360. The number of hydrogen-bond donors (Lipinski definition) is 2. The molecule has 7 heteroatoms. The topological polar surface area (TPSA) is 74.5 Å². The van der Waals surface area contributed by atoms with Gasteiger partial charge in [0.1, 0.15) is 5.70 Å². The number of hydrazone groups is 1. The lowest BCUT2D eigenvalue weighted by atomic mass is 10.2. The fraction of sp³-hybridized carbons (Fsp3) is 0.0417. The number of carbonyl (C=O) groups excluding carboxylic acids is 1. The number of amides is 1. The van der Waals surface area contributed by atoms with Gasteiger partial charge in [0.2, 0.25) is 0 Å². The lowest BCUT2D eigenvalue weighted by Crippen LogP contribution is -2.27. The largest absolute Gasteiger partial charge is 0.504 e. The van der Waals surface area contributed by atoms with E-state index in [1.807, 2.05) is 54.6 Å². The van der Waals surface area contributed by atoms with Crippen molar-refractivity contribution in [3.63, 3.8) is 0 Å². The normalized spacial score (nSPS) is 15.0. The van der Waals surface area contributed by atoms with E-state index in [1.54, 1.807) is 18.2 Å². The fourth-order valence-corrected chi connectivity index (χ4v) is 3.27. The van der Waals surface area contributed by atoms with Gasteiger partial charge < -0.3 is 9.84 Å². The number of aliphatic imine (C=N–C) groups is 1. The highest BCUT2D eigenvalue weighted by atomic mass is 32.1. The van der Waals surface area contributed by atoms with Crippen LogP contribution in [-0.4, -0.2) is 35.2 Å². The Bertz CT molecular complexity index is 1220. The second-order valence-electron chi connectivity index (χ2n) is 6.68. The first kappa shape index (κ1) is 20.4. The molecule has 1 aliphatic heterocycles. The second kappa shape index (κ2) is 8.89. The number of hydrogen-bond acceptors (Lipinski definition) is 6. The van der Waals surface area contributed by atoms with Gasteiger partial charge in [-0.2, -0.15) is 10.1 Å². The molecular weight excluding hydrogens is 410 g/mol. The molecule has 0 unspecified atom stereocenters. The van der Waals surface area contributed by atoms with Gasteiger partial charge in [-0.3, -0.25) is 4.79 Å². The molecule has 0 atom stereocenters. The van der Waals surface area contributed by atoms with E-state index in [2.05, 4.69) is 22.7 Å². The summed E-state index contributed by atoms with van der Waals surface area (Å²) in [5.41, 5.74) is 2.48. The summed E-state index contributed by atoms with van der Waals surface area (Å²) in [7, 11) is 1.47. The number of methoxy groups -OCH3 is 1. The molecule has 1 amide bonds. The first-order valence-electron chi connectivity index (χ1n) is 9.46. The van der Waals surface area contributed by atoms with E-state index >= 15 is 0 Å². The van der Waals surface area contributed by atoms with E-state index in [0.29, 0.717) is 17.1 Å². The number of phenols is 1. The van der Waals surface area contributed by atoms with Gasteiger partial charge in [0, 0.05) is 10.5 Å². The van der Waals surface area contributed by atoms with E-state index in [1.165, 1.54) is 24.4 Å². The molecule has 0 spiro atoms. The van der Waals surface area contributed by atoms with Crippen molar-refractivity contribution in [3.05, 3.63) is 95.2 Å². The number of nitrogens with zero attached hydrogens (tertiary/aromatic N) is 3. The Balaban J connectivity index is 1.73. The third-order valence-corrected chi connectivity index (χ3v) is 5.03. The van der Waals surface area contributed by atoms with Crippen LogP contribution in [0.3, 0.4) is 0 Å². The van der Waals surface area contributed by atoms with Crippen molar-refractivity contribution >= 4 is 36.7 Å². The lowest BCUT2D eigenvalue weighted by Gasteiger charge is -2.12. The van der Waals surface area contributed by atoms with Gasteiger partial charge in [0.15, 0.2) is 17.3 Å². The van der Waals surface area contributed by atoms with Crippen LogP contribution in [0.15, 0.2) is 93.5 Å². The van der Waals surface area contributed by atoms with Crippen molar-refractivity contribution in [2.75, 3.05) is 7.11 Å². The molecule has 0 saturated carbocycles. The summed E-state index contributed by atoms with van der Waals surface area (Å²) in [6, 6.07) is 21.7. The van der Waals surface area contributed by atoms with E-state index in [9.17, 15) is 9.90 Å². The van der Waals surface area contributed by atoms with Gasteiger partial charge in [-0.15, -0.1) is 12.6 Å². The zero-order valence-electron chi connectivity index (χ0n) is 16.6. The third-order valence-electron chi connectivity index (χ3n) is 4.63. The van der Waals surface area contributed by atoms with Crippen molar-refractivity contribution in [1.82, 2.24) is 5.01 Å². The number of amidine groups is 1.